The highest BCUT2D eigenvalue weighted by atomic mass is 32.2. The largest absolute Gasteiger partial charge is 0.435 e. The summed E-state index contributed by atoms with van der Waals surface area (Å²) < 4.78 is 47.1. The quantitative estimate of drug-likeness (QED) is 0.491. The van der Waals surface area contributed by atoms with E-state index in [0.29, 0.717) is 31.6 Å². The van der Waals surface area contributed by atoms with E-state index in [9.17, 15) is 22.9 Å². The smallest absolute Gasteiger partial charge is 0.387 e. The number of thiazole rings is 1. The van der Waals surface area contributed by atoms with Crippen molar-refractivity contribution in [3.05, 3.63) is 39.5 Å². The number of ether oxygens (including phenoxy) is 1. The second kappa shape index (κ2) is 10.4. The number of aromatic nitrogens is 1. The Morgan fingerprint density at radius 1 is 1.22 bits per heavy atom. The predicted octanol–water partition coefficient (Wildman–Crippen LogP) is 5.32. The maximum absolute atomic E-state index is 12.8. The molecule has 2 rings (SSSR count). The van der Waals surface area contributed by atoms with Crippen LogP contribution in [0.2, 0.25) is 0 Å². The summed E-state index contributed by atoms with van der Waals surface area (Å²) >= 11 is 1.07. The average molecular weight is 489 g/mol. The molecule has 1 aromatic carbocycles. The predicted molar refractivity (Wildman–Crippen MR) is 122 cm³/mol. The Kier molecular flexibility index (Phi) is 8.52. The van der Waals surface area contributed by atoms with Gasteiger partial charge in [-0.15, -0.1) is 11.3 Å². The van der Waals surface area contributed by atoms with Crippen molar-refractivity contribution in [1.82, 2.24) is 4.98 Å². The van der Waals surface area contributed by atoms with Crippen molar-refractivity contribution in [1.29, 1.82) is 0 Å². The number of carbonyl (C=O) groups is 1. The van der Waals surface area contributed by atoms with E-state index >= 15 is 0 Å². The molecule has 2 aromatic rings. The lowest BCUT2D eigenvalue weighted by molar-refractivity contribution is -0.117. The molecule has 0 spiro atoms. The van der Waals surface area contributed by atoms with Crippen molar-refractivity contribution < 1.29 is 27.6 Å². The first-order valence-corrected chi connectivity index (χ1v) is 12.3. The molecule has 0 aliphatic heterocycles. The Hall–Kier alpha value is -1.91. The van der Waals surface area contributed by atoms with Gasteiger partial charge in [-0.3, -0.25) is 4.79 Å². The number of aliphatic hydroxyl groups is 1. The summed E-state index contributed by atoms with van der Waals surface area (Å²) in [5, 5.41) is 10.5. The number of carbonyl (C=O) groups excluding carboxylic acids is 1. The van der Waals surface area contributed by atoms with Gasteiger partial charge in [-0.05, 0) is 61.4 Å². The van der Waals surface area contributed by atoms with Crippen molar-refractivity contribution in [2.75, 3.05) is 0 Å². The molecule has 0 saturated heterocycles. The highest BCUT2D eigenvalue weighted by molar-refractivity contribution is 7.78. The SMILES string of the molecule is Cc1nc(C(C)(C)O)sc1[SH](=O)=NC(=O)Cc1c(C(C)C)cc(OC(F)F)cc1C(C)C. The Bertz CT molecular complexity index is 1040. The summed E-state index contributed by atoms with van der Waals surface area (Å²) in [6, 6.07) is 3.04. The van der Waals surface area contributed by atoms with Crippen molar-refractivity contribution in [2.24, 2.45) is 4.36 Å². The fourth-order valence-electron chi connectivity index (χ4n) is 3.26. The molecule has 1 aromatic heterocycles. The summed E-state index contributed by atoms with van der Waals surface area (Å²) in [6.07, 6.45) is -0.104. The molecule has 0 fully saturated rings. The number of benzene rings is 1. The van der Waals surface area contributed by atoms with Gasteiger partial charge < -0.3 is 9.84 Å². The summed E-state index contributed by atoms with van der Waals surface area (Å²) in [6.45, 7) is 9.46. The van der Waals surface area contributed by atoms with E-state index in [1.807, 2.05) is 27.7 Å². The van der Waals surface area contributed by atoms with Crippen LogP contribution in [0.4, 0.5) is 8.78 Å². The summed E-state index contributed by atoms with van der Waals surface area (Å²) in [7, 11) is -2.38. The zero-order valence-electron chi connectivity index (χ0n) is 19.3. The van der Waals surface area contributed by atoms with Crippen LogP contribution in [0.1, 0.15) is 80.8 Å². The third-order valence-electron chi connectivity index (χ3n) is 4.76. The van der Waals surface area contributed by atoms with Crippen LogP contribution < -0.4 is 4.74 Å². The third-order valence-corrected chi connectivity index (χ3v) is 7.85. The number of amides is 1. The summed E-state index contributed by atoms with van der Waals surface area (Å²) in [5.74, 6) is -0.632. The molecule has 1 unspecified atom stereocenters. The number of aryl methyl sites for hydroxylation is 1. The molecule has 178 valence electrons. The minimum atomic E-state index is -2.95. The Balaban J connectivity index is 2.44. The van der Waals surface area contributed by atoms with Crippen molar-refractivity contribution in [2.45, 2.75) is 83.1 Å². The highest BCUT2D eigenvalue weighted by Crippen LogP contribution is 2.34. The third kappa shape index (κ3) is 6.55. The number of alkyl halides is 2. The zero-order valence-corrected chi connectivity index (χ0v) is 21.0. The van der Waals surface area contributed by atoms with Gasteiger partial charge in [0, 0.05) is 0 Å². The maximum atomic E-state index is 12.8. The molecule has 10 heteroatoms. The molecule has 32 heavy (non-hydrogen) atoms. The van der Waals surface area contributed by atoms with Gasteiger partial charge in [0.1, 0.15) is 20.6 Å². The van der Waals surface area contributed by atoms with Crippen LogP contribution in [0.15, 0.2) is 20.7 Å². The van der Waals surface area contributed by atoms with Crippen LogP contribution in [-0.4, -0.2) is 26.8 Å². The molecule has 0 aliphatic rings. The molecule has 0 radical (unpaired) electrons. The van der Waals surface area contributed by atoms with Gasteiger partial charge in [0.15, 0.2) is 0 Å². The highest BCUT2D eigenvalue weighted by Gasteiger charge is 2.24. The number of thiol groups is 1. The van der Waals surface area contributed by atoms with Crippen LogP contribution in [0.3, 0.4) is 0 Å². The second-order valence-corrected chi connectivity index (χ2v) is 11.2. The number of rotatable bonds is 8. The van der Waals surface area contributed by atoms with E-state index in [0.717, 1.165) is 11.3 Å². The minimum Gasteiger partial charge on any atom is -0.435 e. The number of hydrogen-bond donors (Lipinski definition) is 2. The fraction of sp³-hybridized carbons (Fsp3) is 0.545. The Morgan fingerprint density at radius 2 is 1.75 bits per heavy atom. The van der Waals surface area contributed by atoms with E-state index in [4.69, 9.17) is 0 Å². The number of hydrogen-bond acceptors (Lipinski definition) is 6. The van der Waals surface area contributed by atoms with E-state index in [1.54, 1.807) is 20.8 Å². The van der Waals surface area contributed by atoms with Crippen molar-refractivity contribution >= 4 is 27.8 Å². The zero-order chi connectivity index (χ0) is 24.4. The van der Waals surface area contributed by atoms with E-state index in [1.165, 1.54) is 12.1 Å². The lowest BCUT2D eigenvalue weighted by Gasteiger charge is -2.21. The Morgan fingerprint density at radius 3 is 2.16 bits per heavy atom. The van der Waals surface area contributed by atoms with Gasteiger partial charge in [-0.2, -0.15) is 13.1 Å². The molecule has 1 heterocycles. The van der Waals surface area contributed by atoms with Gasteiger partial charge >= 0.3 is 6.61 Å². The molecule has 1 N–H and O–H groups in total. The molecule has 0 bridgehead atoms. The Labute approximate surface area is 193 Å². The van der Waals surface area contributed by atoms with Gasteiger partial charge in [0.25, 0.3) is 5.91 Å². The normalized spacial score (nSPS) is 13.4. The molecule has 0 aliphatic carbocycles. The fourth-order valence-corrected chi connectivity index (χ4v) is 5.45. The molecule has 1 amide bonds. The maximum Gasteiger partial charge on any atom is 0.387 e. The second-order valence-electron chi connectivity index (χ2n) is 8.68. The van der Waals surface area contributed by atoms with Gasteiger partial charge in [-0.1, -0.05) is 27.7 Å². The first-order valence-electron chi connectivity index (χ1n) is 10.2. The van der Waals surface area contributed by atoms with Gasteiger partial charge in [0.2, 0.25) is 0 Å². The summed E-state index contributed by atoms with van der Waals surface area (Å²) in [4.78, 5) is 17.0. The standard InChI is InChI=1S/C22H30F2N2O4S2/c1-11(2)15-8-14(30-21(23)24)9-16(12(3)4)17(15)10-18(27)26-32(29)19-13(5)25-20(31-19)22(6,7)28/h8-9,11-12,21,28,32H,10H2,1-7H3. The monoisotopic (exact) mass is 488 g/mol. The lowest BCUT2D eigenvalue weighted by atomic mass is 9.86. The summed E-state index contributed by atoms with van der Waals surface area (Å²) in [5.41, 5.74) is 1.39. The molecule has 0 saturated carbocycles. The lowest BCUT2D eigenvalue weighted by Crippen LogP contribution is -2.14. The average Bonchev–Trinajstić information content (AvgIpc) is 3.04. The van der Waals surface area contributed by atoms with Crippen LogP contribution >= 0.6 is 11.3 Å². The van der Waals surface area contributed by atoms with Crippen molar-refractivity contribution in [3.63, 3.8) is 0 Å². The number of nitrogens with zero attached hydrogens (tertiary/aromatic N) is 2. The van der Waals surface area contributed by atoms with Crippen molar-refractivity contribution in [3.8, 4) is 5.75 Å². The van der Waals surface area contributed by atoms with E-state index < -0.39 is 28.7 Å². The molecule has 6 nitrogen and oxygen atoms in total. The van der Waals surface area contributed by atoms with Crippen LogP contribution in [0, 0.1) is 6.92 Å². The van der Waals surface area contributed by atoms with E-state index in [2.05, 4.69) is 14.1 Å². The topological polar surface area (TPSA) is 88.9 Å². The molecular formula is C22H30F2N2O4S2. The van der Waals surface area contributed by atoms with Gasteiger partial charge in [-0.25, -0.2) is 9.19 Å². The van der Waals surface area contributed by atoms with E-state index in [-0.39, 0.29) is 24.0 Å². The molecular weight excluding hydrogens is 458 g/mol. The van der Waals surface area contributed by atoms with Crippen LogP contribution in [0.5, 0.6) is 5.75 Å². The first kappa shape index (κ1) is 26.3. The molecule has 1 atom stereocenters. The van der Waals surface area contributed by atoms with Crippen LogP contribution in [-0.2, 0) is 27.4 Å². The van der Waals surface area contributed by atoms with Crippen LogP contribution in [0.25, 0.3) is 0 Å². The number of halogens is 2. The first-order chi connectivity index (χ1) is 14.7. The minimum absolute atomic E-state index is 0.0473. The van der Waals surface area contributed by atoms with Gasteiger partial charge in [0.05, 0.1) is 22.7 Å².